The van der Waals surface area contributed by atoms with E-state index >= 15 is 0 Å². The fourth-order valence-corrected chi connectivity index (χ4v) is 3.66. The Kier molecular flexibility index (Phi) is 5.98. The molecule has 0 fully saturated rings. The fraction of sp³-hybridized carbons (Fsp3) is 0.150. The number of fused-ring (bicyclic) bond motifs is 1. The third-order valence-corrected chi connectivity index (χ3v) is 5.21. The van der Waals surface area contributed by atoms with Gasteiger partial charge in [-0.15, -0.1) is 6.58 Å². The fourth-order valence-electron chi connectivity index (χ4n) is 2.55. The average Bonchev–Trinajstić information content (AvgIpc) is 2.65. The molecule has 1 heterocycles. The third kappa shape index (κ3) is 4.40. The van der Waals surface area contributed by atoms with E-state index < -0.39 is 5.25 Å². The minimum atomic E-state index is -0.465. The number of amides is 1. The van der Waals surface area contributed by atoms with Crippen LogP contribution >= 0.6 is 23.4 Å². The van der Waals surface area contributed by atoms with Gasteiger partial charge in [0.15, 0.2) is 5.16 Å². The van der Waals surface area contributed by atoms with Crippen molar-refractivity contribution in [2.45, 2.75) is 23.9 Å². The van der Waals surface area contributed by atoms with Gasteiger partial charge < -0.3 is 5.32 Å². The lowest BCUT2D eigenvalue weighted by Crippen LogP contribution is -2.26. The predicted molar refractivity (Wildman–Crippen MR) is 112 cm³/mol. The molecular formula is C20H18ClN3O2S. The van der Waals surface area contributed by atoms with E-state index in [1.165, 1.54) is 16.3 Å². The molecule has 0 saturated heterocycles. The monoisotopic (exact) mass is 399 g/mol. The van der Waals surface area contributed by atoms with Crippen molar-refractivity contribution in [3.8, 4) is 0 Å². The molecule has 0 radical (unpaired) electrons. The molecule has 0 saturated carbocycles. The van der Waals surface area contributed by atoms with Crippen molar-refractivity contribution in [1.29, 1.82) is 0 Å². The minimum Gasteiger partial charge on any atom is -0.325 e. The number of nitrogens with zero attached hydrogens (tertiary/aromatic N) is 2. The molecule has 0 aliphatic carbocycles. The topological polar surface area (TPSA) is 64.0 Å². The van der Waals surface area contributed by atoms with E-state index in [4.69, 9.17) is 11.6 Å². The maximum absolute atomic E-state index is 12.8. The SMILES string of the molecule is C=CCn1c(SC(C)C(=O)Nc2cccc(Cl)c2)nc2ccccc2c1=O. The summed E-state index contributed by atoms with van der Waals surface area (Å²) in [4.78, 5) is 29.9. The van der Waals surface area contributed by atoms with Crippen LogP contribution in [0.5, 0.6) is 0 Å². The summed E-state index contributed by atoms with van der Waals surface area (Å²) in [6, 6.07) is 14.1. The van der Waals surface area contributed by atoms with Gasteiger partial charge >= 0.3 is 0 Å². The lowest BCUT2D eigenvalue weighted by Gasteiger charge is -2.15. The Morgan fingerprint density at radius 1 is 1.33 bits per heavy atom. The number of hydrogen-bond donors (Lipinski definition) is 1. The first-order valence-corrected chi connectivity index (χ1v) is 9.59. The van der Waals surface area contributed by atoms with E-state index in [1.807, 2.05) is 6.07 Å². The van der Waals surface area contributed by atoms with Crippen LogP contribution in [0.25, 0.3) is 10.9 Å². The van der Waals surface area contributed by atoms with Gasteiger partial charge in [-0.1, -0.05) is 47.6 Å². The van der Waals surface area contributed by atoms with Gasteiger partial charge in [-0.2, -0.15) is 0 Å². The second kappa shape index (κ2) is 8.41. The summed E-state index contributed by atoms with van der Waals surface area (Å²) in [5.74, 6) is -0.199. The molecule has 3 rings (SSSR count). The van der Waals surface area contributed by atoms with E-state index in [0.29, 0.717) is 33.3 Å². The largest absolute Gasteiger partial charge is 0.325 e. The number of hydrogen-bond acceptors (Lipinski definition) is 4. The highest BCUT2D eigenvalue weighted by Gasteiger charge is 2.19. The first-order valence-electron chi connectivity index (χ1n) is 8.33. The number of aromatic nitrogens is 2. The number of allylic oxidation sites excluding steroid dienone is 1. The average molecular weight is 400 g/mol. The van der Waals surface area contributed by atoms with Crippen LogP contribution in [0.1, 0.15) is 6.92 Å². The van der Waals surface area contributed by atoms with Gasteiger partial charge in [-0.05, 0) is 37.3 Å². The smallest absolute Gasteiger partial charge is 0.262 e. The molecule has 0 spiro atoms. The van der Waals surface area contributed by atoms with E-state index in [0.717, 1.165) is 0 Å². The molecule has 0 aliphatic rings. The lowest BCUT2D eigenvalue weighted by molar-refractivity contribution is -0.115. The van der Waals surface area contributed by atoms with E-state index in [2.05, 4.69) is 16.9 Å². The molecule has 3 aromatic rings. The highest BCUT2D eigenvalue weighted by atomic mass is 35.5. The Bertz CT molecular complexity index is 1060. The van der Waals surface area contributed by atoms with Gasteiger partial charge in [0.1, 0.15) is 0 Å². The maximum Gasteiger partial charge on any atom is 0.262 e. The molecule has 1 N–H and O–H groups in total. The van der Waals surface area contributed by atoms with Crippen LogP contribution in [-0.4, -0.2) is 20.7 Å². The summed E-state index contributed by atoms with van der Waals surface area (Å²) in [6.45, 7) is 5.80. The number of carbonyl (C=O) groups is 1. The Hall–Kier alpha value is -2.57. The second-order valence-electron chi connectivity index (χ2n) is 5.88. The number of benzene rings is 2. The summed E-state index contributed by atoms with van der Waals surface area (Å²) >= 11 is 7.18. The van der Waals surface area contributed by atoms with E-state index in [1.54, 1.807) is 55.5 Å². The molecule has 138 valence electrons. The first kappa shape index (κ1) is 19.2. The number of carbonyl (C=O) groups excluding carboxylic acids is 1. The van der Waals surface area contributed by atoms with Gasteiger partial charge in [0.05, 0.1) is 16.2 Å². The lowest BCUT2D eigenvalue weighted by atomic mass is 10.2. The molecule has 5 nitrogen and oxygen atoms in total. The van der Waals surface area contributed by atoms with Crippen LogP contribution in [0, 0.1) is 0 Å². The summed E-state index contributed by atoms with van der Waals surface area (Å²) in [5, 5.41) is 3.93. The van der Waals surface area contributed by atoms with E-state index in [-0.39, 0.29) is 11.5 Å². The molecule has 1 atom stereocenters. The van der Waals surface area contributed by atoms with Crippen molar-refractivity contribution in [2.75, 3.05) is 5.32 Å². The van der Waals surface area contributed by atoms with Gasteiger partial charge in [0, 0.05) is 17.3 Å². The van der Waals surface area contributed by atoms with Crippen LogP contribution in [0.4, 0.5) is 5.69 Å². The highest BCUT2D eigenvalue weighted by Crippen LogP contribution is 2.24. The molecule has 1 unspecified atom stereocenters. The summed E-state index contributed by atoms with van der Waals surface area (Å²) in [7, 11) is 0. The number of para-hydroxylation sites is 1. The van der Waals surface area contributed by atoms with Crippen molar-refractivity contribution < 1.29 is 4.79 Å². The number of nitrogens with one attached hydrogen (secondary N) is 1. The Morgan fingerprint density at radius 2 is 2.11 bits per heavy atom. The quantitative estimate of drug-likeness (QED) is 0.380. The number of halogens is 1. The van der Waals surface area contributed by atoms with Crippen LogP contribution in [0.2, 0.25) is 5.02 Å². The normalized spacial score (nSPS) is 11.9. The summed E-state index contributed by atoms with van der Waals surface area (Å²) in [5.41, 5.74) is 1.08. The van der Waals surface area contributed by atoms with Gasteiger partial charge in [0.25, 0.3) is 5.56 Å². The van der Waals surface area contributed by atoms with E-state index in [9.17, 15) is 9.59 Å². The first-order chi connectivity index (χ1) is 13.0. The number of thioether (sulfide) groups is 1. The molecule has 1 aromatic heterocycles. The van der Waals surface area contributed by atoms with Gasteiger partial charge in [0.2, 0.25) is 5.91 Å². The molecular weight excluding hydrogens is 382 g/mol. The zero-order valence-electron chi connectivity index (χ0n) is 14.7. The molecule has 27 heavy (non-hydrogen) atoms. The predicted octanol–water partition coefficient (Wildman–Crippen LogP) is 4.36. The highest BCUT2D eigenvalue weighted by molar-refractivity contribution is 8.00. The van der Waals surface area contributed by atoms with Crippen LogP contribution in [0.15, 0.2) is 71.1 Å². The molecule has 0 bridgehead atoms. The maximum atomic E-state index is 12.8. The molecule has 2 aromatic carbocycles. The van der Waals surface area contributed by atoms with Crippen LogP contribution < -0.4 is 10.9 Å². The molecule has 7 heteroatoms. The summed E-state index contributed by atoms with van der Waals surface area (Å²) < 4.78 is 1.53. The number of rotatable bonds is 6. The Morgan fingerprint density at radius 3 is 2.85 bits per heavy atom. The molecule has 0 aliphatic heterocycles. The third-order valence-electron chi connectivity index (χ3n) is 3.88. The second-order valence-corrected chi connectivity index (χ2v) is 7.62. The van der Waals surface area contributed by atoms with Crippen LogP contribution in [0.3, 0.4) is 0 Å². The van der Waals surface area contributed by atoms with Crippen molar-refractivity contribution >= 4 is 45.9 Å². The Balaban J connectivity index is 1.88. The molecule has 1 amide bonds. The Labute approximate surface area is 166 Å². The van der Waals surface area contributed by atoms with Gasteiger partial charge in [-0.3, -0.25) is 14.2 Å². The zero-order valence-corrected chi connectivity index (χ0v) is 16.3. The standard InChI is InChI=1S/C20H18ClN3O2S/c1-3-11-24-19(26)16-9-4-5-10-17(16)23-20(24)27-13(2)18(25)22-15-8-6-7-14(21)12-15/h3-10,12-13H,1,11H2,2H3,(H,22,25). The van der Waals surface area contributed by atoms with Crippen molar-refractivity contribution in [3.05, 3.63) is 76.6 Å². The summed E-state index contributed by atoms with van der Waals surface area (Å²) in [6.07, 6.45) is 1.64. The van der Waals surface area contributed by atoms with Crippen molar-refractivity contribution in [3.63, 3.8) is 0 Å². The van der Waals surface area contributed by atoms with Crippen molar-refractivity contribution in [1.82, 2.24) is 9.55 Å². The minimum absolute atomic E-state index is 0.148. The van der Waals surface area contributed by atoms with Crippen molar-refractivity contribution in [2.24, 2.45) is 0 Å². The zero-order chi connectivity index (χ0) is 19.4. The van der Waals surface area contributed by atoms with Gasteiger partial charge in [-0.25, -0.2) is 4.98 Å². The van der Waals surface area contributed by atoms with Crippen LogP contribution in [-0.2, 0) is 11.3 Å². The number of anilines is 1.